The summed E-state index contributed by atoms with van der Waals surface area (Å²) < 4.78 is 5.17. The molecule has 0 heterocycles. The van der Waals surface area contributed by atoms with Crippen molar-refractivity contribution in [1.29, 1.82) is 0 Å². The van der Waals surface area contributed by atoms with Gasteiger partial charge in [-0.05, 0) is 36.6 Å². The van der Waals surface area contributed by atoms with Crippen LogP contribution < -0.4 is 4.74 Å². The molecule has 2 rings (SSSR count). The summed E-state index contributed by atoms with van der Waals surface area (Å²) in [7, 11) is 1.65. The summed E-state index contributed by atoms with van der Waals surface area (Å²) in [5, 5.41) is -0.426. The van der Waals surface area contributed by atoms with E-state index in [-0.39, 0.29) is 11.7 Å². The van der Waals surface area contributed by atoms with Crippen molar-refractivity contribution in [3.05, 3.63) is 35.4 Å². The first kappa shape index (κ1) is 12.2. The number of fused-ring (bicyclic) bond motifs is 1. The number of hydrogen-bond acceptors (Lipinski definition) is 2. The Morgan fingerprint density at radius 3 is 2.94 bits per heavy atom. The fourth-order valence-corrected chi connectivity index (χ4v) is 2.22. The minimum atomic E-state index is -0.426. The van der Waals surface area contributed by atoms with Crippen LogP contribution in [-0.2, 0) is 11.2 Å². The lowest BCUT2D eigenvalue weighted by Crippen LogP contribution is -2.24. The summed E-state index contributed by atoms with van der Waals surface area (Å²) in [6, 6.07) is 5.91. The van der Waals surface area contributed by atoms with Gasteiger partial charge >= 0.3 is 0 Å². The highest BCUT2D eigenvalue weighted by Crippen LogP contribution is 2.27. The summed E-state index contributed by atoms with van der Waals surface area (Å²) in [6.45, 7) is 1.72. The first-order chi connectivity index (χ1) is 8.11. The molecule has 0 aromatic heterocycles. The van der Waals surface area contributed by atoms with Gasteiger partial charge in [-0.3, -0.25) is 4.79 Å². The zero-order chi connectivity index (χ0) is 12.4. The molecule has 1 aliphatic rings. The van der Waals surface area contributed by atoms with Crippen LogP contribution in [0.5, 0.6) is 5.75 Å². The van der Waals surface area contributed by atoms with Gasteiger partial charge in [-0.2, -0.15) is 0 Å². The van der Waals surface area contributed by atoms with Crippen LogP contribution in [0.1, 0.15) is 18.1 Å². The van der Waals surface area contributed by atoms with E-state index in [9.17, 15) is 4.79 Å². The van der Waals surface area contributed by atoms with E-state index in [1.165, 1.54) is 5.56 Å². The standard InChI is InChI=1S/C14H15ClO2/c1-9(15)14(16)12-4-3-11-8-13(17-2)6-5-10(11)7-12/h3-6,8-9,12H,7H2,1-2H3. The van der Waals surface area contributed by atoms with Crippen LogP contribution in [0.3, 0.4) is 0 Å². The number of methoxy groups -OCH3 is 1. The molecule has 2 unspecified atom stereocenters. The van der Waals surface area contributed by atoms with Crippen LogP contribution in [0.4, 0.5) is 0 Å². The average Bonchev–Trinajstić information content (AvgIpc) is 2.36. The van der Waals surface area contributed by atoms with E-state index in [0.717, 1.165) is 17.7 Å². The number of carbonyl (C=O) groups excluding carboxylic acids is 1. The Hall–Kier alpha value is -1.28. The summed E-state index contributed by atoms with van der Waals surface area (Å²) in [4.78, 5) is 11.8. The van der Waals surface area contributed by atoms with Gasteiger partial charge in [0.25, 0.3) is 0 Å². The van der Waals surface area contributed by atoms with Gasteiger partial charge in [-0.15, -0.1) is 11.6 Å². The molecule has 1 aromatic carbocycles. The third-order valence-electron chi connectivity index (χ3n) is 3.06. The number of rotatable bonds is 3. The SMILES string of the molecule is COc1ccc2c(c1)C=CC(C(=O)C(C)Cl)C2. The van der Waals surface area contributed by atoms with Crippen molar-refractivity contribution < 1.29 is 9.53 Å². The van der Waals surface area contributed by atoms with Crippen molar-refractivity contribution in [2.24, 2.45) is 5.92 Å². The maximum Gasteiger partial charge on any atom is 0.157 e. The highest BCUT2D eigenvalue weighted by atomic mass is 35.5. The highest BCUT2D eigenvalue weighted by molar-refractivity contribution is 6.31. The van der Waals surface area contributed by atoms with Crippen molar-refractivity contribution in [2.75, 3.05) is 7.11 Å². The van der Waals surface area contributed by atoms with Crippen molar-refractivity contribution in [2.45, 2.75) is 18.7 Å². The van der Waals surface area contributed by atoms with E-state index in [1.807, 2.05) is 30.4 Å². The molecular formula is C14H15ClO2. The molecule has 0 radical (unpaired) electrons. The average molecular weight is 251 g/mol. The Kier molecular flexibility index (Phi) is 3.53. The van der Waals surface area contributed by atoms with Gasteiger partial charge in [0.1, 0.15) is 5.75 Å². The second-order valence-electron chi connectivity index (χ2n) is 4.25. The molecule has 90 valence electrons. The molecule has 0 saturated heterocycles. The van der Waals surface area contributed by atoms with Crippen LogP contribution in [-0.4, -0.2) is 18.3 Å². The summed E-state index contributed by atoms with van der Waals surface area (Å²) in [5.74, 6) is 0.830. The molecule has 0 bridgehead atoms. The molecule has 0 fully saturated rings. The van der Waals surface area contributed by atoms with Crippen molar-refractivity contribution in [3.8, 4) is 5.75 Å². The molecule has 2 nitrogen and oxygen atoms in total. The minimum Gasteiger partial charge on any atom is -0.497 e. The number of halogens is 1. The lowest BCUT2D eigenvalue weighted by molar-refractivity contribution is -0.120. The Balaban J connectivity index is 2.24. The van der Waals surface area contributed by atoms with E-state index in [0.29, 0.717) is 0 Å². The molecule has 1 aromatic rings. The number of Topliss-reactive ketones (excluding diaryl/α,β-unsaturated/α-hetero) is 1. The maximum absolute atomic E-state index is 11.8. The molecule has 2 atom stereocenters. The van der Waals surface area contributed by atoms with Crippen molar-refractivity contribution >= 4 is 23.5 Å². The molecule has 1 aliphatic carbocycles. The van der Waals surface area contributed by atoms with Gasteiger partial charge in [0.15, 0.2) is 5.78 Å². The lowest BCUT2D eigenvalue weighted by atomic mass is 9.86. The number of allylic oxidation sites excluding steroid dienone is 1. The molecule has 0 amide bonds. The second-order valence-corrected chi connectivity index (χ2v) is 4.91. The summed E-state index contributed by atoms with van der Waals surface area (Å²) in [5.41, 5.74) is 2.29. The third kappa shape index (κ3) is 2.52. The Labute approximate surface area is 106 Å². The van der Waals surface area contributed by atoms with Gasteiger partial charge in [0.05, 0.1) is 12.5 Å². The molecule has 17 heavy (non-hydrogen) atoms. The Morgan fingerprint density at radius 1 is 1.53 bits per heavy atom. The Bertz CT molecular complexity index is 463. The third-order valence-corrected chi connectivity index (χ3v) is 3.27. The minimum absolute atomic E-state index is 0.0874. The number of alkyl halides is 1. The van der Waals surface area contributed by atoms with Gasteiger partial charge in [-0.25, -0.2) is 0 Å². The van der Waals surface area contributed by atoms with Gasteiger partial charge < -0.3 is 4.74 Å². The normalized spacial score (nSPS) is 19.6. The van der Waals surface area contributed by atoms with Gasteiger partial charge in [0.2, 0.25) is 0 Å². The number of hydrogen-bond donors (Lipinski definition) is 0. The predicted molar refractivity (Wildman–Crippen MR) is 69.5 cm³/mol. The summed E-state index contributed by atoms with van der Waals surface area (Å²) in [6.07, 6.45) is 4.64. The van der Waals surface area contributed by atoms with Crippen molar-refractivity contribution in [3.63, 3.8) is 0 Å². The molecular weight excluding hydrogens is 236 g/mol. The Morgan fingerprint density at radius 2 is 2.29 bits per heavy atom. The van der Waals surface area contributed by atoms with Gasteiger partial charge in [0, 0.05) is 5.92 Å². The van der Waals surface area contributed by atoms with E-state index >= 15 is 0 Å². The largest absolute Gasteiger partial charge is 0.497 e. The van der Waals surface area contributed by atoms with Crippen LogP contribution in [0.15, 0.2) is 24.3 Å². The second kappa shape index (κ2) is 4.92. The monoisotopic (exact) mass is 250 g/mol. The zero-order valence-corrected chi connectivity index (χ0v) is 10.7. The van der Waals surface area contributed by atoms with E-state index < -0.39 is 5.38 Å². The smallest absolute Gasteiger partial charge is 0.157 e. The fourth-order valence-electron chi connectivity index (χ4n) is 2.06. The molecule has 0 spiro atoms. The van der Waals surface area contributed by atoms with E-state index in [1.54, 1.807) is 14.0 Å². The zero-order valence-electron chi connectivity index (χ0n) is 9.94. The van der Waals surface area contributed by atoms with E-state index in [4.69, 9.17) is 16.3 Å². The first-order valence-electron chi connectivity index (χ1n) is 5.64. The number of ether oxygens (including phenoxy) is 1. The molecule has 3 heteroatoms. The van der Waals surface area contributed by atoms with Crippen LogP contribution >= 0.6 is 11.6 Å². The number of benzene rings is 1. The van der Waals surface area contributed by atoms with E-state index in [2.05, 4.69) is 0 Å². The molecule has 0 saturated carbocycles. The molecule has 0 aliphatic heterocycles. The lowest BCUT2D eigenvalue weighted by Gasteiger charge is -2.19. The topological polar surface area (TPSA) is 26.3 Å². The number of ketones is 1. The molecule has 0 N–H and O–H groups in total. The van der Waals surface area contributed by atoms with Crippen LogP contribution in [0.2, 0.25) is 0 Å². The first-order valence-corrected chi connectivity index (χ1v) is 6.08. The predicted octanol–water partition coefficient (Wildman–Crippen LogP) is 3.08. The highest BCUT2D eigenvalue weighted by Gasteiger charge is 2.23. The fraction of sp³-hybridized carbons (Fsp3) is 0.357. The van der Waals surface area contributed by atoms with Crippen molar-refractivity contribution in [1.82, 2.24) is 0 Å². The van der Waals surface area contributed by atoms with Crippen LogP contribution in [0, 0.1) is 5.92 Å². The summed E-state index contributed by atoms with van der Waals surface area (Å²) >= 11 is 5.83. The number of carbonyl (C=O) groups is 1. The van der Waals surface area contributed by atoms with Gasteiger partial charge in [-0.1, -0.05) is 18.2 Å². The quantitative estimate of drug-likeness (QED) is 0.771. The van der Waals surface area contributed by atoms with Crippen LogP contribution in [0.25, 0.3) is 6.08 Å². The maximum atomic E-state index is 11.8.